The second-order valence-corrected chi connectivity index (χ2v) is 16.3. The Kier molecular flexibility index (Phi) is 9.53. The van der Waals surface area contributed by atoms with Crippen molar-refractivity contribution in [2.45, 2.75) is 40.5 Å². The Labute approximate surface area is 348 Å². The maximum absolute atomic E-state index is 6.72. The zero-order valence-electron chi connectivity index (χ0n) is 34.1. The molecule has 8 heteroatoms. The highest BCUT2D eigenvalue weighted by Crippen LogP contribution is 2.39. The van der Waals surface area contributed by atoms with E-state index in [0.29, 0.717) is 40.7 Å². The van der Waals surface area contributed by atoms with Gasteiger partial charge in [-0.1, -0.05) is 76.2 Å². The summed E-state index contributed by atoms with van der Waals surface area (Å²) >= 11 is 0. The minimum atomic E-state index is 0.556. The number of fused-ring (bicyclic) bond motifs is 6. The van der Waals surface area contributed by atoms with E-state index in [4.69, 9.17) is 19.4 Å². The van der Waals surface area contributed by atoms with Crippen LogP contribution in [0.5, 0.6) is 23.0 Å². The molecule has 0 N–H and O–H groups in total. The third kappa shape index (κ3) is 7.11. The molecule has 0 aliphatic carbocycles. The molecule has 10 rings (SSSR count). The lowest BCUT2D eigenvalue weighted by molar-refractivity contribution is 0.461. The molecule has 10 aromatic rings. The predicted molar refractivity (Wildman–Crippen MR) is 242 cm³/mol. The number of para-hydroxylation sites is 2. The Bertz CT molecular complexity index is 2960. The van der Waals surface area contributed by atoms with Crippen molar-refractivity contribution in [1.82, 2.24) is 29.1 Å². The van der Waals surface area contributed by atoms with Crippen molar-refractivity contribution in [2.75, 3.05) is 0 Å². The molecule has 294 valence electrons. The number of ether oxygens (including phenoxy) is 2. The van der Waals surface area contributed by atoms with E-state index in [9.17, 15) is 0 Å². The summed E-state index contributed by atoms with van der Waals surface area (Å²) < 4.78 is 17.9. The second kappa shape index (κ2) is 15.5. The van der Waals surface area contributed by atoms with E-state index in [-0.39, 0.29) is 0 Å². The van der Waals surface area contributed by atoms with Crippen LogP contribution >= 0.6 is 0 Å². The number of hydrogen-bond acceptors (Lipinski definition) is 6. The summed E-state index contributed by atoms with van der Waals surface area (Å²) in [6, 6.07) is 45.6. The molecule has 8 nitrogen and oxygen atoms in total. The molecule has 0 spiro atoms. The lowest BCUT2D eigenvalue weighted by atomic mass is 10.1. The van der Waals surface area contributed by atoms with Crippen molar-refractivity contribution in [3.05, 3.63) is 169 Å². The van der Waals surface area contributed by atoms with E-state index < -0.39 is 0 Å². The van der Waals surface area contributed by atoms with Crippen LogP contribution in [0.25, 0.3) is 66.6 Å². The topological polar surface area (TPSA) is 79.9 Å². The average Bonchev–Trinajstić information content (AvgIpc) is 3.76. The van der Waals surface area contributed by atoms with Gasteiger partial charge in [0.05, 0.1) is 22.1 Å². The van der Waals surface area contributed by atoms with Crippen molar-refractivity contribution < 1.29 is 9.47 Å². The van der Waals surface area contributed by atoms with Crippen LogP contribution in [0.2, 0.25) is 0 Å². The lowest BCUT2D eigenvalue weighted by Crippen LogP contribution is -2.00. The molecule has 0 radical (unpaired) electrons. The summed E-state index contributed by atoms with van der Waals surface area (Å²) in [5.74, 6) is 5.94. The van der Waals surface area contributed by atoms with Gasteiger partial charge in [-0.25, -0.2) is 19.9 Å². The molecule has 0 atom stereocenters. The number of rotatable bonds is 11. The van der Waals surface area contributed by atoms with Crippen LogP contribution in [0, 0.1) is 11.8 Å². The van der Waals surface area contributed by atoms with Crippen LogP contribution in [0.15, 0.2) is 158 Å². The molecular formula is C52H44N6O2. The number of pyridine rings is 2. The van der Waals surface area contributed by atoms with Crippen molar-refractivity contribution in [1.29, 1.82) is 0 Å². The van der Waals surface area contributed by atoms with Crippen molar-refractivity contribution in [3.63, 3.8) is 0 Å². The summed E-state index contributed by atoms with van der Waals surface area (Å²) in [5, 5.41) is 4.55. The predicted octanol–water partition coefficient (Wildman–Crippen LogP) is 13.1. The monoisotopic (exact) mass is 784 g/mol. The minimum absolute atomic E-state index is 0.556. The summed E-state index contributed by atoms with van der Waals surface area (Å²) in [7, 11) is 0. The van der Waals surface area contributed by atoms with Gasteiger partial charge < -0.3 is 9.47 Å². The molecule has 0 bridgehead atoms. The fraction of sp³-hybridized carbons (Fsp3) is 0.154. The molecule has 5 aromatic heterocycles. The third-order valence-electron chi connectivity index (χ3n) is 10.8. The van der Waals surface area contributed by atoms with E-state index >= 15 is 0 Å². The van der Waals surface area contributed by atoms with Crippen molar-refractivity contribution >= 4 is 43.6 Å². The van der Waals surface area contributed by atoms with Crippen LogP contribution in [-0.2, 0) is 12.8 Å². The molecule has 0 aliphatic rings. The Balaban J connectivity index is 1.03. The van der Waals surface area contributed by atoms with Gasteiger partial charge in [0.1, 0.15) is 34.6 Å². The maximum Gasteiger partial charge on any atom is 0.159 e. The first-order valence-electron chi connectivity index (χ1n) is 20.6. The second-order valence-electron chi connectivity index (χ2n) is 16.3. The summed E-state index contributed by atoms with van der Waals surface area (Å²) in [4.78, 5) is 19.0. The Hall–Kier alpha value is -7.32. The number of aromatic nitrogens is 6. The van der Waals surface area contributed by atoms with E-state index in [1.54, 1.807) is 12.4 Å². The fourth-order valence-electron chi connectivity index (χ4n) is 8.34. The molecule has 0 fully saturated rings. The molecule has 0 saturated heterocycles. The first kappa shape index (κ1) is 37.0. The summed E-state index contributed by atoms with van der Waals surface area (Å²) in [5.41, 5.74) is 7.40. The van der Waals surface area contributed by atoms with Crippen LogP contribution in [-0.4, -0.2) is 29.1 Å². The number of nitrogens with zero attached hydrogens (tertiary/aromatic N) is 6. The molecule has 0 aliphatic heterocycles. The molecule has 0 amide bonds. The lowest BCUT2D eigenvalue weighted by Gasteiger charge is -2.13. The first-order valence-corrected chi connectivity index (χ1v) is 20.6. The highest BCUT2D eigenvalue weighted by atomic mass is 16.5. The normalized spacial score (nSPS) is 11.8. The molecule has 0 unspecified atom stereocenters. The first-order chi connectivity index (χ1) is 29.3. The zero-order chi connectivity index (χ0) is 40.7. The standard InChI is InChI=1S/C52H44N6O2/c1-33(2)24-35-14-20-50(55-31-35)57-46-12-7-5-10-42(46)44-18-16-38(29-48(44)57)59-40-26-37(52-53-22-9-23-54-52)27-41(28-40)60-39-17-19-45-43-11-6-8-13-47(43)58(49(45)30-39)51-21-15-36(32-56-51)25-34(3)4/h5-23,26-34H,24-25H2,1-4H3. The Morgan fingerprint density at radius 3 is 1.35 bits per heavy atom. The van der Waals surface area contributed by atoms with Crippen molar-refractivity contribution in [2.24, 2.45) is 11.8 Å². The average molecular weight is 785 g/mol. The summed E-state index contributed by atoms with van der Waals surface area (Å²) in [6.07, 6.45) is 9.44. The van der Waals surface area contributed by atoms with Gasteiger partial charge in [-0.05, 0) is 103 Å². The maximum atomic E-state index is 6.72. The van der Waals surface area contributed by atoms with E-state index in [1.165, 1.54) is 11.1 Å². The molecule has 5 heterocycles. The fourth-order valence-corrected chi connectivity index (χ4v) is 8.34. The van der Waals surface area contributed by atoms with Gasteiger partial charge in [0, 0.05) is 70.1 Å². The smallest absolute Gasteiger partial charge is 0.159 e. The van der Waals surface area contributed by atoms with E-state index in [1.807, 2.05) is 48.8 Å². The Morgan fingerprint density at radius 2 is 0.900 bits per heavy atom. The van der Waals surface area contributed by atoms with Gasteiger partial charge >= 0.3 is 0 Å². The van der Waals surface area contributed by atoms with Gasteiger partial charge in [0.25, 0.3) is 0 Å². The molecular weight excluding hydrogens is 741 g/mol. The van der Waals surface area contributed by atoms with E-state index in [2.05, 4.69) is 144 Å². The highest BCUT2D eigenvalue weighted by Gasteiger charge is 2.18. The zero-order valence-corrected chi connectivity index (χ0v) is 34.1. The van der Waals surface area contributed by atoms with Crippen molar-refractivity contribution in [3.8, 4) is 46.0 Å². The molecule has 5 aromatic carbocycles. The van der Waals surface area contributed by atoms with Crippen LogP contribution < -0.4 is 9.47 Å². The summed E-state index contributed by atoms with van der Waals surface area (Å²) in [6.45, 7) is 8.91. The van der Waals surface area contributed by atoms with Gasteiger partial charge in [0.15, 0.2) is 5.82 Å². The highest BCUT2D eigenvalue weighted by molar-refractivity contribution is 6.10. The van der Waals surface area contributed by atoms with Crippen LogP contribution in [0.1, 0.15) is 38.8 Å². The van der Waals surface area contributed by atoms with Crippen LogP contribution in [0.3, 0.4) is 0 Å². The number of benzene rings is 5. The Morgan fingerprint density at radius 1 is 0.433 bits per heavy atom. The molecule has 60 heavy (non-hydrogen) atoms. The van der Waals surface area contributed by atoms with Crippen LogP contribution in [0.4, 0.5) is 0 Å². The largest absolute Gasteiger partial charge is 0.457 e. The minimum Gasteiger partial charge on any atom is -0.457 e. The van der Waals surface area contributed by atoms with E-state index in [0.717, 1.165) is 73.7 Å². The molecule has 0 saturated carbocycles. The SMILES string of the molecule is CC(C)Cc1ccc(-n2c3ccccc3c3ccc(Oc4cc(Oc5ccc6c7ccccc7n(-c7ccc(CC(C)C)cn7)c6c5)cc(-c5ncccn5)c4)cc32)nc1. The number of hydrogen-bond donors (Lipinski definition) is 0. The van der Waals surface area contributed by atoms with Gasteiger partial charge in [-0.15, -0.1) is 0 Å². The van der Waals surface area contributed by atoms with Gasteiger partial charge in [-0.3, -0.25) is 9.13 Å². The quantitative estimate of drug-likeness (QED) is 0.130. The van der Waals surface area contributed by atoms with Gasteiger partial charge in [0.2, 0.25) is 0 Å². The third-order valence-corrected chi connectivity index (χ3v) is 10.8. The van der Waals surface area contributed by atoms with Gasteiger partial charge in [-0.2, -0.15) is 0 Å².